The highest BCUT2D eigenvalue weighted by molar-refractivity contribution is 5.94. The number of benzene rings is 1. The number of carbonyl (C=O) groups is 2. The van der Waals surface area contributed by atoms with E-state index in [2.05, 4.69) is 5.32 Å². The lowest BCUT2D eigenvalue weighted by molar-refractivity contribution is -0.119. The maximum absolute atomic E-state index is 12.0. The van der Waals surface area contributed by atoms with Gasteiger partial charge in [-0.25, -0.2) is 0 Å². The minimum Gasteiger partial charge on any atom is -0.484 e. The SMILES string of the molecule is NC(=O)COc1cccc(C(=O)NCCCOCC2CC2)c1. The number of hydrogen-bond donors (Lipinski definition) is 2. The summed E-state index contributed by atoms with van der Waals surface area (Å²) in [6, 6.07) is 6.65. The lowest BCUT2D eigenvalue weighted by Gasteiger charge is -2.08. The monoisotopic (exact) mass is 306 g/mol. The van der Waals surface area contributed by atoms with Crippen LogP contribution >= 0.6 is 0 Å². The maximum Gasteiger partial charge on any atom is 0.255 e. The molecule has 0 aromatic heterocycles. The fourth-order valence-electron chi connectivity index (χ4n) is 1.89. The van der Waals surface area contributed by atoms with Gasteiger partial charge in [0.2, 0.25) is 0 Å². The molecule has 3 N–H and O–H groups in total. The molecule has 0 saturated heterocycles. The predicted octanol–water partition coefficient (Wildman–Crippen LogP) is 1.10. The summed E-state index contributed by atoms with van der Waals surface area (Å²) < 4.78 is 10.7. The highest BCUT2D eigenvalue weighted by Crippen LogP contribution is 2.28. The van der Waals surface area contributed by atoms with Crippen molar-refractivity contribution in [1.82, 2.24) is 5.32 Å². The van der Waals surface area contributed by atoms with E-state index in [1.165, 1.54) is 12.8 Å². The minimum absolute atomic E-state index is 0.174. The van der Waals surface area contributed by atoms with Crippen molar-refractivity contribution in [2.45, 2.75) is 19.3 Å². The fraction of sp³-hybridized carbons (Fsp3) is 0.500. The smallest absolute Gasteiger partial charge is 0.255 e. The van der Waals surface area contributed by atoms with E-state index in [1.54, 1.807) is 24.3 Å². The van der Waals surface area contributed by atoms with Crippen LogP contribution in [0.4, 0.5) is 0 Å². The third-order valence-corrected chi connectivity index (χ3v) is 3.28. The van der Waals surface area contributed by atoms with E-state index in [0.717, 1.165) is 18.9 Å². The van der Waals surface area contributed by atoms with Crippen molar-refractivity contribution in [3.05, 3.63) is 29.8 Å². The van der Waals surface area contributed by atoms with E-state index < -0.39 is 5.91 Å². The number of ether oxygens (including phenoxy) is 2. The average molecular weight is 306 g/mol. The van der Waals surface area contributed by atoms with Crippen molar-refractivity contribution in [1.29, 1.82) is 0 Å². The molecule has 0 atom stereocenters. The number of carbonyl (C=O) groups excluding carboxylic acids is 2. The molecule has 0 unspecified atom stereocenters. The quantitative estimate of drug-likeness (QED) is 0.633. The number of hydrogen-bond acceptors (Lipinski definition) is 4. The molecule has 6 heteroatoms. The first-order valence-corrected chi connectivity index (χ1v) is 7.52. The fourth-order valence-corrected chi connectivity index (χ4v) is 1.89. The topological polar surface area (TPSA) is 90.7 Å². The Morgan fingerprint density at radius 2 is 2.14 bits per heavy atom. The highest BCUT2D eigenvalue weighted by atomic mass is 16.5. The first-order valence-electron chi connectivity index (χ1n) is 7.52. The van der Waals surface area contributed by atoms with Gasteiger partial charge in [0, 0.05) is 25.3 Å². The molecule has 2 amide bonds. The van der Waals surface area contributed by atoms with Gasteiger partial charge in [-0.2, -0.15) is 0 Å². The molecule has 0 aliphatic heterocycles. The molecule has 0 heterocycles. The minimum atomic E-state index is -0.555. The van der Waals surface area contributed by atoms with Gasteiger partial charge in [-0.05, 0) is 43.4 Å². The first kappa shape index (κ1) is 16.3. The third kappa shape index (κ3) is 6.13. The number of primary amides is 1. The first-order chi connectivity index (χ1) is 10.6. The van der Waals surface area contributed by atoms with Crippen molar-refractivity contribution in [3.8, 4) is 5.75 Å². The summed E-state index contributed by atoms with van der Waals surface area (Å²) >= 11 is 0. The Balaban J connectivity index is 1.66. The summed E-state index contributed by atoms with van der Waals surface area (Å²) in [5.74, 6) is 0.477. The van der Waals surface area contributed by atoms with Crippen LogP contribution in [0.25, 0.3) is 0 Å². The third-order valence-electron chi connectivity index (χ3n) is 3.28. The molecule has 6 nitrogen and oxygen atoms in total. The van der Waals surface area contributed by atoms with Crippen LogP contribution in [0.3, 0.4) is 0 Å². The van der Waals surface area contributed by atoms with Gasteiger partial charge in [-0.3, -0.25) is 9.59 Å². The van der Waals surface area contributed by atoms with E-state index in [4.69, 9.17) is 15.2 Å². The standard InChI is InChI=1S/C16H22N2O4/c17-15(19)11-22-14-4-1-3-13(9-14)16(20)18-7-2-8-21-10-12-5-6-12/h1,3-4,9,12H,2,5-8,10-11H2,(H2,17,19)(H,18,20). The van der Waals surface area contributed by atoms with Gasteiger partial charge >= 0.3 is 0 Å². The van der Waals surface area contributed by atoms with Gasteiger partial charge in [0.15, 0.2) is 6.61 Å². The number of nitrogens with two attached hydrogens (primary N) is 1. The molecule has 0 bridgehead atoms. The molecule has 0 spiro atoms. The van der Waals surface area contributed by atoms with E-state index >= 15 is 0 Å². The second-order valence-corrected chi connectivity index (χ2v) is 5.41. The number of rotatable bonds is 10. The Bertz CT molecular complexity index is 515. The molecular formula is C16H22N2O4. The normalized spacial score (nSPS) is 13.6. The summed E-state index contributed by atoms with van der Waals surface area (Å²) in [7, 11) is 0. The zero-order valence-electron chi connectivity index (χ0n) is 12.5. The second-order valence-electron chi connectivity index (χ2n) is 5.41. The van der Waals surface area contributed by atoms with Crippen molar-refractivity contribution in [2.24, 2.45) is 11.7 Å². The van der Waals surface area contributed by atoms with Gasteiger partial charge in [0.1, 0.15) is 5.75 Å². The molecule has 1 aliphatic rings. The van der Waals surface area contributed by atoms with Gasteiger partial charge in [0.25, 0.3) is 11.8 Å². The van der Waals surface area contributed by atoms with E-state index in [-0.39, 0.29) is 12.5 Å². The summed E-state index contributed by atoms with van der Waals surface area (Å²) in [5, 5.41) is 2.83. The summed E-state index contributed by atoms with van der Waals surface area (Å²) in [6.07, 6.45) is 3.35. The average Bonchev–Trinajstić information content (AvgIpc) is 3.33. The van der Waals surface area contributed by atoms with Gasteiger partial charge in [-0.1, -0.05) is 6.07 Å². The van der Waals surface area contributed by atoms with Crippen molar-refractivity contribution in [2.75, 3.05) is 26.4 Å². The summed E-state index contributed by atoms with van der Waals surface area (Å²) in [4.78, 5) is 22.7. The number of amides is 2. The van der Waals surface area contributed by atoms with Crippen LogP contribution in [0.1, 0.15) is 29.6 Å². The van der Waals surface area contributed by atoms with Gasteiger partial charge in [-0.15, -0.1) is 0 Å². The van der Waals surface area contributed by atoms with Gasteiger partial charge < -0.3 is 20.5 Å². The molecule has 22 heavy (non-hydrogen) atoms. The largest absolute Gasteiger partial charge is 0.484 e. The molecule has 1 saturated carbocycles. The molecule has 0 radical (unpaired) electrons. The zero-order chi connectivity index (χ0) is 15.8. The van der Waals surface area contributed by atoms with E-state index in [1.807, 2.05) is 0 Å². The van der Waals surface area contributed by atoms with Crippen LogP contribution in [0.15, 0.2) is 24.3 Å². The highest BCUT2D eigenvalue weighted by Gasteiger charge is 2.20. The lowest BCUT2D eigenvalue weighted by Crippen LogP contribution is -2.25. The van der Waals surface area contributed by atoms with Crippen LogP contribution in [-0.2, 0) is 9.53 Å². The maximum atomic E-state index is 12.0. The van der Waals surface area contributed by atoms with Gasteiger partial charge in [0.05, 0.1) is 0 Å². The van der Waals surface area contributed by atoms with Crippen LogP contribution in [0.5, 0.6) is 5.75 Å². The molecule has 1 aromatic rings. The summed E-state index contributed by atoms with van der Waals surface area (Å²) in [6.45, 7) is 1.87. The Labute approximate surface area is 130 Å². The molecule has 2 rings (SSSR count). The number of nitrogens with one attached hydrogen (secondary N) is 1. The van der Waals surface area contributed by atoms with Crippen LogP contribution in [-0.4, -0.2) is 38.2 Å². The second kappa shape index (κ2) is 8.38. The molecular weight excluding hydrogens is 284 g/mol. The Morgan fingerprint density at radius 3 is 2.86 bits per heavy atom. The lowest BCUT2D eigenvalue weighted by atomic mass is 10.2. The van der Waals surface area contributed by atoms with Crippen molar-refractivity contribution < 1.29 is 19.1 Å². The Kier molecular flexibility index (Phi) is 6.21. The molecule has 1 fully saturated rings. The molecule has 1 aliphatic carbocycles. The van der Waals surface area contributed by atoms with E-state index in [9.17, 15) is 9.59 Å². The Hall–Kier alpha value is -2.08. The van der Waals surface area contributed by atoms with Crippen molar-refractivity contribution >= 4 is 11.8 Å². The molecule has 120 valence electrons. The summed E-state index contributed by atoms with van der Waals surface area (Å²) in [5.41, 5.74) is 5.50. The predicted molar refractivity (Wildman–Crippen MR) is 81.6 cm³/mol. The Morgan fingerprint density at radius 1 is 1.32 bits per heavy atom. The zero-order valence-corrected chi connectivity index (χ0v) is 12.5. The van der Waals surface area contributed by atoms with E-state index in [0.29, 0.717) is 24.5 Å². The van der Waals surface area contributed by atoms with Crippen molar-refractivity contribution in [3.63, 3.8) is 0 Å². The van der Waals surface area contributed by atoms with Crippen LogP contribution in [0, 0.1) is 5.92 Å². The van der Waals surface area contributed by atoms with Crippen LogP contribution in [0.2, 0.25) is 0 Å². The van der Waals surface area contributed by atoms with Crippen LogP contribution < -0.4 is 15.8 Å². The molecule has 1 aromatic carbocycles.